The van der Waals surface area contributed by atoms with Gasteiger partial charge in [0.05, 0.1) is 12.4 Å². The van der Waals surface area contributed by atoms with Gasteiger partial charge in [0.2, 0.25) is 0 Å². The predicted molar refractivity (Wildman–Crippen MR) is 99.3 cm³/mol. The topological polar surface area (TPSA) is 89.0 Å². The van der Waals surface area contributed by atoms with E-state index in [9.17, 15) is 8.42 Å². The molecule has 25 heavy (non-hydrogen) atoms. The maximum atomic E-state index is 11.2. The Balaban J connectivity index is 2.02. The van der Waals surface area contributed by atoms with Crippen LogP contribution in [0.15, 0.2) is 17.1 Å². The summed E-state index contributed by atoms with van der Waals surface area (Å²) in [5, 5.41) is 6.18. The lowest BCUT2D eigenvalue weighted by Crippen LogP contribution is -2.39. The zero-order chi connectivity index (χ0) is 18.4. The second-order valence-electron chi connectivity index (χ2n) is 6.12. The molecule has 1 aromatic rings. The van der Waals surface area contributed by atoms with Crippen molar-refractivity contribution in [3.8, 4) is 11.5 Å². The molecule has 1 aliphatic rings. The first-order chi connectivity index (χ1) is 11.8. The van der Waals surface area contributed by atoms with Crippen LogP contribution < -0.4 is 20.1 Å². The van der Waals surface area contributed by atoms with Crippen molar-refractivity contribution in [3.05, 3.63) is 23.3 Å². The third-order valence-electron chi connectivity index (χ3n) is 3.81. The Hall–Kier alpha value is -1.96. The van der Waals surface area contributed by atoms with Gasteiger partial charge in [-0.3, -0.25) is 4.99 Å². The number of nitrogens with zero attached hydrogens (tertiary/aromatic N) is 1. The molecule has 0 amide bonds. The van der Waals surface area contributed by atoms with E-state index < -0.39 is 9.84 Å². The minimum Gasteiger partial charge on any atom is -0.494 e. The van der Waals surface area contributed by atoms with Crippen LogP contribution in [0.3, 0.4) is 0 Å². The van der Waals surface area contributed by atoms with Gasteiger partial charge < -0.3 is 20.1 Å². The smallest absolute Gasteiger partial charge is 0.191 e. The normalized spacial score (nSPS) is 17.0. The molecular weight excluding hydrogens is 342 g/mol. The average Bonchev–Trinajstić information content (AvgIpc) is 2.88. The van der Waals surface area contributed by atoms with Gasteiger partial charge in [-0.1, -0.05) is 0 Å². The molecule has 0 aromatic heterocycles. The Kier molecular flexibility index (Phi) is 6.52. The molecule has 0 aliphatic carbocycles. The summed E-state index contributed by atoms with van der Waals surface area (Å²) in [6, 6.07) is 4.04. The number of rotatable bonds is 7. The highest BCUT2D eigenvalue weighted by atomic mass is 32.2. The van der Waals surface area contributed by atoms with Gasteiger partial charge in [-0.05, 0) is 26.0 Å². The summed E-state index contributed by atoms with van der Waals surface area (Å²) in [5.41, 5.74) is 2.14. The van der Waals surface area contributed by atoms with Gasteiger partial charge in [0.15, 0.2) is 5.96 Å². The molecule has 1 atom stereocenters. The van der Waals surface area contributed by atoms with Gasteiger partial charge in [-0.25, -0.2) is 8.42 Å². The zero-order valence-electron chi connectivity index (χ0n) is 15.3. The van der Waals surface area contributed by atoms with Gasteiger partial charge in [0.1, 0.15) is 27.4 Å². The summed E-state index contributed by atoms with van der Waals surface area (Å²) in [6.45, 7) is 5.39. The van der Waals surface area contributed by atoms with Crippen LogP contribution >= 0.6 is 0 Å². The van der Waals surface area contributed by atoms with Crippen molar-refractivity contribution in [3.63, 3.8) is 0 Å². The monoisotopic (exact) mass is 369 g/mol. The van der Waals surface area contributed by atoms with Crippen molar-refractivity contribution in [2.75, 3.05) is 32.2 Å². The minimum absolute atomic E-state index is 0.0580. The van der Waals surface area contributed by atoms with E-state index in [1.165, 1.54) is 6.26 Å². The van der Waals surface area contributed by atoms with Crippen molar-refractivity contribution in [1.29, 1.82) is 0 Å². The quantitative estimate of drug-likeness (QED) is 0.553. The SMILES string of the molecule is CCOc1cc2c(cc1CNC(=NC)NCCS(C)(=O)=O)OC(C)C2. The minimum atomic E-state index is -3.00. The van der Waals surface area contributed by atoms with Gasteiger partial charge in [0, 0.05) is 43.9 Å². The van der Waals surface area contributed by atoms with E-state index in [0.717, 1.165) is 29.0 Å². The molecule has 0 saturated carbocycles. The lowest BCUT2D eigenvalue weighted by atomic mass is 10.1. The molecule has 0 radical (unpaired) electrons. The highest BCUT2D eigenvalue weighted by Gasteiger charge is 2.21. The first-order valence-electron chi connectivity index (χ1n) is 8.40. The van der Waals surface area contributed by atoms with Crippen molar-refractivity contribution < 1.29 is 17.9 Å². The van der Waals surface area contributed by atoms with E-state index in [1.807, 2.05) is 26.0 Å². The first-order valence-corrected chi connectivity index (χ1v) is 10.5. The molecule has 1 unspecified atom stereocenters. The van der Waals surface area contributed by atoms with Gasteiger partial charge in [-0.15, -0.1) is 0 Å². The molecule has 140 valence electrons. The highest BCUT2D eigenvalue weighted by Crippen LogP contribution is 2.35. The fourth-order valence-corrected chi connectivity index (χ4v) is 3.14. The van der Waals surface area contributed by atoms with E-state index in [2.05, 4.69) is 15.6 Å². The van der Waals surface area contributed by atoms with E-state index in [4.69, 9.17) is 9.47 Å². The Labute approximate surface area is 149 Å². The van der Waals surface area contributed by atoms with Crippen molar-refractivity contribution >= 4 is 15.8 Å². The Morgan fingerprint density at radius 2 is 2.16 bits per heavy atom. The molecule has 7 nitrogen and oxygen atoms in total. The number of guanidine groups is 1. The summed E-state index contributed by atoms with van der Waals surface area (Å²) in [6.07, 6.45) is 2.28. The summed E-state index contributed by atoms with van der Waals surface area (Å²) in [5.74, 6) is 2.33. The maximum absolute atomic E-state index is 11.2. The molecule has 2 rings (SSSR count). The van der Waals surface area contributed by atoms with Crippen LogP contribution in [0.5, 0.6) is 11.5 Å². The molecule has 1 heterocycles. The predicted octanol–water partition coefficient (Wildman–Crippen LogP) is 1.12. The number of hydrogen-bond donors (Lipinski definition) is 2. The fourth-order valence-electron chi connectivity index (χ4n) is 2.66. The summed E-state index contributed by atoms with van der Waals surface area (Å²) >= 11 is 0. The first kappa shape index (κ1) is 19.4. The number of nitrogens with one attached hydrogen (secondary N) is 2. The van der Waals surface area contributed by atoms with E-state index in [-0.39, 0.29) is 11.9 Å². The maximum Gasteiger partial charge on any atom is 0.191 e. The summed E-state index contributed by atoms with van der Waals surface area (Å²) in [4.78, 5) is 4.11. The van der Waals surface area contributed by atoms with Gasteiger partial charge in [-0.2, -0.15) is 0 Å². The molecular formula is C17H27N3O4S. The number of benzene rings is 1. The lowest BCUT2D eigenvalue weighted by Gasteiger charge is -2.15. The zero-order valence-corrected chi connectivity index (χ0v) is 16.1. The van der Waals surface area contributed by atoms with Crippen LogP contribution in [-0.2, 0) is 22.8 Å². The number of ether oxygens (including phenoxy) is 2. The van der Waals surface area contributed by atoms with Crippen LogP contribution in [0.25, 0.3) is 0 Å². The van der Waals surface area contributed by atoms with E-state index in [0.29, 0.717) is 25.7 Å². The van der Waals surface area contributed by atoms with Crippen molar-refractivity contribution in [1.82, 2.24) is 10.6 Å². The van der Waals surface area contributed by atoms with E-state index >= 15 is 0 Å². The third kappa shape index (κ3) is 5.81. The second-order valence-corrected chi connectivity index (χ2v) is 8.38. The molecule has 0 bridgehead atoms. The number of aliphatic imine (C=N–C) groups is 1. The second kappa shape index (κ2) is 8.42. The summed E-state index contributed by atoms with van der Waals surface area (Å²) < 4.78 is 34.0. The third-order valence-corrected chi connectivity index (χ3v) is 4.76. The van der Waals surface area contributed by atoms with Crippen LogP contribution in [0.1, 0.15) is 25.0 Å². The average molecular weight is 369 g/mol. The molecule has 8 heteroatoms. The number of sulfone groups is 1. The largest absolute Gasteiger partial charge is 0.494 e. The standard InChI is InChI=1S/C17H27N3O4S/c1-5-23-15-9-13-8-12(2)24-16(13)10-14(15)11-20-17(18-3)19-6-7-25(4,21)22/h9-10,12H,5-8,11H2,1-4H3,(H2,18,19,20). The molecule has 1 aromatic carbocycles. The van der Waals surface area contributed by atoms with Gasteiger partial charge >= 0.3 is 0 Å². The Bertz CT molecular complexity index is 732. The van der Waals surface area contributed by atoms with Crippen molar-refractivity contribution in [2.24, 2.45) is 4.99 Å². The molecule has 2 N–H and O–H groups in total. The van der Waals surface area contributed by atoms with Crippen LogP contribution in [0, 0.1) is 0 Å². The summed E-state index contributed by atoms with van der Waals surface area (Å²) in [7, 11) is -1.36. The van der Waals surface area contributed by atoms with E-state index in [1.54, 1.807) is 7.05 Å². The molecule has 0 spiro atoms. The number of hydrogen-bond acceptors (Lipinski definition) is 5. The van der Waals surface area contributed by atoms with Crippen LogP contribution in [0.2, 0.25) is 0 Å². The Morgan fingerprint density at radius 3 is 2.80 bits per heavy atom. The molecule has 0 saturated heterocycles. The Morgan fingerprint density at radius 1 is 1.40 bits per heavy atom. The molecule has 1 aliphatic heterocycles. The molecule has 0 fully saturated rings. The van der Waals surface area contributed by atoms with Crippen LogP contribution in [-0.4, -0.2) is 52.7 Å². The lowest BCUT2D eigenvalue weighted by molar-refractivity contribution is 0.254. The number of fused-ring (bicyclic) bond motifs is 1. The van der Waals surface area contributed by atoms with Gasteiger partial charge in [0.25, 0.3) is 0 Å². The fraction of sp³-hybridized carbons (Fsp3) is 0.588. The van der Waals surface area contributed by atoms with Crippen LogP contribution in [0.4, 0.5) is 0 Å². The van der Waals surface area contributed by atoms with Crippen molar-refractivity contribution in [2.45, 2.75) is 32.9 Å². The highest BCUT2D eigenvalue weighted by molar-refractivity contribution is 7.90.